The van der Waals surface area contributed by atoms with E-state index in [1.165, 1.54) is 0 Å². The molecule has 0 aliphatic heterocycles. The van der Waals surface area contributed by atoms with Gasteiger partial charge in [0.1, 0.15) is 0 Å². The van der Waals surface area contributed by atoms with Crippen LogP contribution in [0.25, 0.3) is 0 Å². The summed E-state index contributed by atoms with van der Waals surface area (Å²) in [5.41, 5.74) is 4.27. The topological polar surface area (TPSA) is 55.9 Å². The van der Waals surface area contributed by atoms with Crippen molar-refractivity contribution in [2.24, 2.45) is 11.3 Å². The molecule has 0 bridgehead atoms. The molecule has 0 aromatic carbocycles. The molecule has 0 aliphatic rings. The minimum Gasteiger partial charge on any atom is -0.271 e. The van der Waals surface area contributed by atoms with Gasteiger partial charge in [-0.2, -0.15) is 5.10 Å². The van der Waals surface area contributed by atoms with Crippen LogP contribution in [0.4, 0.5) is 0 Å². The smallest absolute Gasteiger partial charge is 0.0640 e. The molecule has 0 spiro atoms. The Balaban J connectivity index is 2.61. The summed E-state index contributed by atoms with van der Waals surface area (Å²) in [5.74, 6) is 5.61. The van der Waals surface area contributed by atoms with Crippen molar-refractivity contribution in [3.05, 3.63) is 18.0 Å². The van der Waals surface area contributed by atoms with Gasteiger partial charge < -0.3 is 0 Å². The highest BCUT2D eigenvalue weighted by Gasteiger charge is 2.19. The molecule has 4 nitrogen and oxygen atoms in total. The van der Waals surface area contributed by atoms with Gasteiger partial charge in [-0.25, -0.2) is 0 Å². The SMILES string of the molecule is CC(C)n1ccc(CC(CC(C)(C)C)NN)n1. The number of nitrogens with zero attached hydrogens (tertiary/aromatic N) is 2. The molecule has 1 atom stereocenters. The average molecular weight is 238 g/mol. The van der Waals surface area contributed by atoms with Gasteiger partial charge in [0.05, 0.1) is 5.69 Å². The van der Waals surface area contributed by atoms with Gasteiger partial charge in [0.15, 0.2) is 0 Å². The van der Waals surface area contributed by atoms with Crippen molar-refractivity contribution in [3.8, 4) is 0 Å². The highest BCUT2D eigenvalue weighted by Crippen LogP contribution is 2.22. The van der Waals surface area contributed by atoms with E-state index < -0.39 is 0 Å². The van der Waals surface area contributed by atoms with Crippen LogP contribution in [0.5, 0.6) is 0 Å². The maximum atomic E-state index is 5.61. The van der Waals surface area contributed by atoms with Crippen LogP contribution in [0.1, 0.15) is 52.8 Å². The molecule has 0 amide bonds. The zero-order valence-electron chi connectivity index (χ0n) is 11.7. The average Bonchev–Trinajstić information content (AvgIpc) is 2.63. The Morgan fingerprint density at radius 3 is 2.47 bits per heavy atom. The van der Waals surface area contributed by atoms with E-state index in [1.807, 2.05) is 10.9 Å². The quantitative estimate of drug-likeness (QED) is 0.611. The first-order valence-electron chi connectivity index (χ1n) is 6.32. The minimum absolute atomic E-state index is 0.275. The minimum atomic E-state index is 0.275. The van der Waals surface area contributed by atoms with Crippen LogP contribution in [0.3, 0.4) is 0 Å². The fraction of sp³-hybridized carbons (Fsp3) is 0.769. The number of hydrogen-bond donors (Lipinski definition) is 2. The molecule has 3 N–H and O–H groups in total. The highest BCUT2D eigenvalue weighted by molar-refractivity contribution is 5.02. The maximum Gasteiger partial charge on any atom is 0.0640 e. The van der Waals surface area contributed by atoms with Gasteiger partial charge in [0.25, 0.3) is 0 Å². The highest BCUT2D eigenvalue weighted by atomic mass is 15.3. The number of hydrazine groups is 1. The fourth-order valence-corrected chi connectivity index (χ4v) is 1.96. The van der Waals surface area contributed by atoms with Crippen LogP contribution in [0.15, 0.2) is 12.3 Å². The zero-order valence-corrected chi connectivity index (χ0v) is 11.7. The number of hydrogen-bond acceptors (Lipinski definition) is 3. The summed E-state index contributed by atoms with van der Waals surface area (Å²) in [6, 6.07) is 2.77. The Labute approximate surface area is 105 Å². The number of nitrogens with one attached hydrogen (secondary N) is 1. The van der Waals surface area contributed by atoms with Gasteiger partial charge in [-0.3, -0.25) is 16.0 Å². The van der Waals surface area contributed by atoms with Crippen molar-refractivity contribution in [2.45, 2.75) is 59.5 Å². The second-order valence-electron chi connectivity index (χ2n) is 6.21. The van der Waals surface area contributed by atoms with Crippen molar-refractivity contribution in [1.82, 2.24) is 15.2 Å². The molecule has 98 valence electrons. The first-order valence-corrected chi connectivity index (χ1v) is 6.32. The van der Waals surface area contributed by atoms with E-state index in [-0.39, 0.29) is 11.5 Å². The van der Waals surface area contributed by atoms with E-state index in [2.05, 4.69) is 51.2 Å². The second-order valence-corrected chi connectivity index (χ2v) is 6.21. The maximum absolute atomic E-state index is 5.61. The number of nitrogens with two attached hydrogens (primary N) is 1. The molecule has 0 aliphatic carbocycles. The molecular formula is C13H26N4. The summed E-state index contributed by atoms with van der Waals surface area (Å²) in [6.45, 7) is 10.9. The molecule has 0 radical (unpaired) electrons. The van der Waals surface area contributed by atoms with Crippen molar-refractivity contribution >= 4 is 0 Å². The zero-order chi connectivity index (χ0) is 13.1. The first kappa shape index (κ1) is 14.2. The molecule has 4 heteroatoms. The van der Waals surface area contributed by atoms with Crippen LogP contribution in [-0.2, 0) is 6.42 Å². The van der Waals surface area contributed by atoms with Gasteiger partial charge in [0, 0.05) is 24.7 Å². The van der Waals surface area contributed by atoms with Crippen LogP contribution < -0.4 is 11.3 Å². The summed E-state index contributed by atoms with van der Waals surface area (Å²) in [7, 11) is 0. The lowest BCUT2D eigenvalue weighted by atomic mass is 9.87. The van der Waals surface area contributed by atoms with Crippen LogP contribution in [0, 0.1) is 5.41 Å². The standard InChI is InChI=1S/C13H26N4/c1-10(2)17-7-6-11(16-17)8-12(15-14)9-13(3,4)5/h6-7,10,12,15H,8-9,14H2,1-5H3. The summed E-state index contributed by atoms with van der Waals surface area (Å²) in [6.07, 6.45) is 3.95. The molecule has 1 unspecified atom stereocenters. The van der Waals surface area contributed by atoms with Crippen LogP contribution in [0.2, 0.25) is 0 Å². The normalized spacial score (nSPS) is 14.3. The Morgan fingerprint density at radius 1 is 1.41 bits per heavy atom. The van der Waals surface area contributed by atoms with Gasteiger partial charge in [-0.05, 0) is 31.7 Å². The summed E-state index contributed by atoms with van der Waals surface area (Å²) in [5, 5.41) is 4.55. The van der Waals surface area contributed by atoms with Gasteiger partial charge >= 0.3 is 0 Å². The molecule has 17 heavy (non-hydrogen) atoms. The fourth-order valence-electron chi connectivity index (χ4n) is 1.96. The largest absolute Gasteiger partial charge is 0.271 e. The van der Waals surface area contributed by atoms with E-state index in [0.717, 1.165) is 18.5 Å². The molecule has 1 aromatic rings. The van der Waals surface area contributed by atoms with Crippen LogP contribution in [-0.4, -0.2) is 15.8 Å². The van der Waals surface area contributed by atoms with Gasteiger partial charge in [-0.15, -0.1) is 0 Å². The lowest BCUT2D eigenvalue weighted by Crippen LogP contribution is -2.39. The van der Waals surface area contributed by atoms with E-state index in [9.17, 15) is 0 Å². The lowest BCUT2D eigenvalue weighted by molar-refractivity contribution is 0.307. The molecule has 1 rings (SSSR count). The predicted molar refractivity (Wildman–Crippen MR) is 71.5 cm³/mol. The predicted octanol–water partition coefficient (Wildman–Crippen LogP) is 2.27. The van der Waals surface area contributed by atoms with Crippen molar-refractivity contribution < 1.29 is 0 Å². The molecule has 0 saturated carbocycles. The monoisotopic (exact) mass is 238 g/mol. The number of rotatable bonds is 5. The lowest BCUT2D eigenvalue weighted by Gasteiger charge is -2.24. The molecule has 1 aromatic heterocycles. The Hall–Kier alpha value is -0.870. The van der Waals surface area contributed by atoms with E-state index in [4.69, 9.17) is 5.84 Å². The third-order valence-corrected chi connectivity index (χ3v) is 2.74. The summed E-state index contributed by atoms with van der Waals surface area (Å²) < 4.78 is 1.99. The molecular weight excluding hydrogens is 212 g/mol. The Morgan fingerprint density at radius 2 is 2.06 bits per heavy atom. The van der Waals surface area contributed by atoms with Crippen molar-refractivity contribution in [1.29, 1.82) is 0 Å². The second kappa shape index (κ2) is 5.65. The number of aromatic nitrogens is 2. The summed E-state index contributed by atoms with van der Waals surface area (Å²) >= 11 is 0. The Kier molecular flexibility index (Phi) is 4.71. The van der Waals surface area contributed by atoms with E-state index >= 15 is 0 Å². The first-order chi connectivity index (χ1) is 7.81. The molecule has 1 heterocycles. The van der Waals surface area contributed by atoms with Gasteiger partial charge in [0.2, 0.25) is 0 Å². The van der Waals surface area contributed by atoms with E-state index in [0.29, 0.717) is 6.04 Å². The van der Waals surface area contributed by atoms with Crippen LogP contribution >= 0.6 is 0 Å². The van der Waals surface area contributed by atoms with E-state index in [1.54, 1.807) is 0 Å². The summed E-state index contributed by atoms with van der Waals surface area (Å²) in [4.78, 5) is 0. The molecule has 0 saturated heterocycles. The Bertz CT molecular complexity index is 335. The van der Waals surface area contributed by atoms with Crippen molar-refractivity contribution in [3.63, 3.8) is 0 Å². The van der Waals surface area contributed by atoms with Crippen molar-refractivity contribution in [2.75, 3.05) is 0 Å². The third-order valence-electron chi connectivity index (χ3n) is 2.74. The van der Waals surface area contributed by atoms with Gasteiger partial charge in [-0.1, -0.05) is 20.8 Å². The molecule has 0 fully saturated rings. The third kappa shape index (κ3) is 4.88.